The van der Waals surface area contributed by atoms with Crippen LogP contribution in [0.15, 0.2) is 134 Å². The van der Waals surface area contributed by atoms with E-state index in [0.717, 1.165) is 103 Å². The van der Waals surface area contributed by atoms with E-state index in [-0.39, 0.29) is 19.6 Å². The van der Waals surface area contributed by atoms with E-state index in [9.17, 15) is 33.1 Å². The van der Waals surface area contributed by atoms with E-state index in [4.69, 9.17) is 18.9 Å². The van der Waals surface area contributed by atoms with Crippen molar-refractivity contribution in [1.29, 1.82) is 0 Å². The Bertz CT molecular complexity index is 1720. The van der Waals surface area contributed by atoms with Gasteiger partial charge < -0.3 is 34.3 Å². The lowest BCUT2D eigenvalue weighted by Gasteiger charge is -2.41. The predicted octanol–water partition coefficient (Wildman–Crippen LogP) is 12.3. The number of allylic oxidation sites excluding steroid dienone is 22. The highest BCUT2D eigenvalue weighted by Crippen LogP contribution is 2.26. The third-order valence-electron chi connectivity index (χ3n) is 10.8. The molecule has 4 N–H and O–H groups in total. The van der Waals surface area contributed by atoms with Gasteiger partial charge in [-0.3, -0.25) is 9.35 Å². The Labute approximate surface area is 423 Å². The van der Waals surface area contributed by atoms with Gasteiger partial charge >= 0.3 is 16.4 Å². The number of esters is 1. The van der Waals surface area contributed by atoms with E-state index < -0.39 is 59.8 Å². The molecule has 1 rings (SSSR count). The van der Waals surface area contributed by atoms with Gasteiger partial charge in [0, 0.05) is 13.0 Å². The molecular weight excluding hydrogens is 909 g/mol. The number of unbranched alkanes of at least 4 members (excludes halogenated alkanes) is 8. The third-order valence-corrected chi connectivity index (χ3v) is 11.2. The van der Waals surface area contributed by atoms with Crippen molar-refractivity contribution in [3.63, 3.8) is 0 Å². The lowest BCUT2D eigenvalue weighted by atomic mass is 9.99. The minimum atomic E-state index is -5.09. The molecular formula is C57H90O12S. The molecule has 0 aromatic heterocycles. The number of carbonyl (C=O) groups excluding carboxylic acids is 1. The fourth-order valence-electron chi connectivity index (χ4n) is 6.96. The Morgan fingerprint density at radius 3 is 1.37 bits per heavy atom. The zero-order chi connectivity index (χ0) is 51.0. The molecule has 13 heteroatoms. The van der Waals surface area contributed by atoms with Gasteiger partial charge in [0.2, 0.25) is 0 Å². The van der Waals surface area contributed by atoms with Crippen molar-refractivity contribution < 1.29 is 56.2 Å². The molecule has 1 saturated heterocycles. The molecule has 1 fully saturated rings. The molecule has 0 saturated carbocycles. The van der Waals surface area contributed by atoms with Gasteiger partial charge in [0.1, 0.15) is 30.5 Å². The Morgan fingerprint density at radius 1 is 0.543 bits per heavy atom. The summed E-state index contributed by atoms with van der Waals surface area (Å²) in [4.78, 5) is 12.9. The summed E-state index contributed by atoms with van der Waals surface area (Å²) in [6.45, 7) is 3.62. The second-order valence-electron chi connectivity index (χ2n) is 17.0. The van der Waals surface area contributed by atoms with Crippen LogP contribution in [0.1, 0.15) is 155 Å². The van der Waals surface area contributed by atoms with Crippen LogP contribution >= 0.6 is 0 Å². The summed E-state index contributed by atoms with van der Waals surface area (Å²) >= 11 is 0. The quantitative estimate of drug-likeness (QED) is 0.0197. The summed E-state index contributed by atoms with van der Waals surface area (Å²) < 4.78 is 59.2. The zero-order valence-electron chi connectivity index (χ0n) is 42.5. The molecule has 0 spiro atoms. The lowest BCUT2D eigenvalue weighted by molar-refractivity contribution is -0.301. The molecule has 0 aromatic rings. The van der Waals surface area contributed by atoms with Crippen LogP contribution in [0, 0.1) is 0 Å². The topological polar surface area (TPSA) is 178 Å². The van der Waals surface area contributed by atoms with Gasteiger partial charge in [-0.05, 0) is 96.3 Å². The normalized spacial score (nSPS) is 20.2. The molecule has 0 bridgehead atoms. The Balaban J connectivity index is 2.42. The molecule has 1 aliphatic heterocycles. The highest BCUT2D eigenvalue weighted by Gasteiger charge is 2.48. The van der Waals surface area contributed by atoms with Crippen LogP contribution < -0.4 is 0 Å². The van der Waals surface area contributed by atoms with Gasteiger partial charge in [0.25, 0.3) is 0 Å². The van der Waals surface area contributed by atoms with E-state index in [1.807, 2.05) is 12.2 Å². The first-order valence-corrected chi connectivity index (χ1v) is 27.3. The lowest BCUT2D eigenvalue weighted by Crippen LogP contribution is -2.60. The van der Waals surface area contributed by atoms with E-state index in [2.05, 4.69) is 140 Å². The maximum absolute atomic E-state index is 12.9. The van der Waals surface area contributed by atoms with Gasteiger partial charge in [0.05, 0.1) is 19.8 Å². The summed E-state index contributed by atoms with van der Waals surface area (Å²) in [7, 11) is -5.09. The van der Waals surface area contributed by atoms with Crippen molar-refractivity contribution in [2.24, 2.45) is 0 Å². The van der Waals surface area contributed by atoms with Crippen molar-refractivity contribution >= 4 is 16.4 Å². The minimum Gasteiger partial charge on any atom is -0.457 e. The van der Waals surface area contributed by atoms with Crippen LogP contribution in [0.3, 0.4) is 0 Å². The summed E-state index contributed by atoms with van der Waals surface area (Å²) in [5, 5.41) is 30.8. The molecule has 6 atom stereocenters. The van der Waals surface area contributed by atoms with Crippen LogP contribution in [0.2, 0.25) is 0 Å². The molecule has 0 amide bonds. The van der Waals surface area contributed by atoms with Crippen LogP contribution in [-0.4, -0.2) is 97.5 Å². The van der Waals surface area contributed by atoms with Gasteiger partial charge in [-0.2, -0.15) is 8.42 Å². The number of rotatable bonds is 43. The van der Waals surface area contributed by atoms with E-state index in [1.165, 1.54) is 25.7 Å². The van der Waals surface area contributed by atoms with Crippen LogP contribution in [0.4, 0.5) is 0 Å². The Kier molecular flexibility index (Phi) is 42.5. The largest absolute Gasteiger partial charge is 0.457 e. The molecule has 70 heavy (non-hydrogen) atoms. The van der Waals surface area contributed by atoms with Crippen LogP contribution in [0.5, 0.6) is 0 Å². The molecule has 0 aliphatic carbocycles. The van der Waals surface area contributed by atoms with Crippen LogP contribution in [-0.2, 0) is 38.3 Å². The average Bonchev–Trinajstić information content (AvgIpc) is 3.34. The fraction of sp³-hybridized carbons (Fsp3) is 0.596. The highest BCUT2D eigenvalue weighted by molar-refractivity contribution is 7.80. The Hall–Kier alpha value is -3.76. The van der Waals surface area contributed by atoms with Gasteiger partial charge in [0.15, 0.2) is 6.29 Å². The molecule has 6 unspecified atom stereocenters. The number of aliphatic hydroxyl groups excluding tert-OH is 3. The summed E-state index contributed by atoms with van der Waals surface area (Å²) in [6.07, 6.45) is 59.2. The summed E-state index contributed by atoms with van der Waals surface area (Å²) in [5.41, 5.74) is 0. The maximum atomic E-state index is 12.9. The summed E-state index contributed by atoms with van der Waals surface area (Å²) in [5.74, 6) is -0.490. The maximum Gasteiger partial charge on any atom is 0.397 e. The number of hydrogen-bond donors (Lipinski definition) is 4. The third kappa shape index (κ3) is 38.9. The minimum absolute atomic E-state index is 0.0106. The second kappa shape index (κ2) is 46.3. The predicted molar refractivity (Wildman–Crippen MR) is 284 cm³/mol. The number of aliphatic hydroxyl groups is 3. The van der Waals surface area contributed by atoms with Crippen molar-refractivity contribution in [3.05, 3.63) is 134 Å². The molecule has 0 radical (unpaired) electrons. The number of carbonyl (C=O) groups is 1. The van der Waals surface area contributed by atoms with Crippen molar-refractivity contribution in [2.45, 2.75) is 192 Å². The first-order valence-electron chi connectivity index (χ1n) is 25.9. The van der Waals surface area contributed by atoms with Crippen molar-refractivity contribution in [3.8, 4) is 0 Å². The molecule has 1 heterocycles. The van der Waals surface area contributed by atoms with E-state index >= 15 is 0 Å². The van der Waals surface area contributed by atoms with Gasteiger partial charge in [-0.15, -0.1) is 0 Å². The first kappa shape index (κ1) is 64.3. The highest BCUT2D eigenvalue weighted by atomic mass is 32.3. The molecule has 1 aliphatic rings. The monoisotopic (exact) mass is 999 g/mol. The van der Waals surface area contributed by atoms with Crippen LogP contribution in [0.25, 0.3) is 0 Å². The fourth-order valence-corrected chi connectivity index (χ4v) is 7.47. The molecule has 396 valence electrons. The van der Waals surface area contributed by atoms with Gasteiger partial charge in [-0.1, -0.05) is 186 Å². The second-order valence-corrected chi connectivity index (χ2v) is 18.0. The van der Waals surface area contributed by atoms with Crippen molar-refractivity contribution in [1.82, 2.24) is 0 Å². The molecule has 0 aromatic carbocycles. The Morgan fingerprint density at radius 2 is 0.943 bits per heavy atom. The van der Waals surface area contributed by atoms with Crippen molar-refractivity contribution in [2.75, 3.05) is 26.4 Å². The molecule has 12 nitrogen and oxygen atoms in total. The van der Waals surface area contributed by atoms with Gasteiger partial charge in [-0.25, -0.2) is 4.18 Å². The first-order chi connectivity index (χ1) is 34.1. The van der Waals surface area contributed by atoms with E-state index in [0.29, 0.717) is 13.0 Å². The number of ether oxygens (including phenoxy) is 4. The number of hydrogen-bond acceptors (Lipinski definition) is 11. The average molecular weight is 999 g/mol. The standard InChI is InChI=1S/C57H90O12S/c1-3-5-7-9-11-13-15-17-19-21-23-24-25-26-27-29-31-33-35-37-39-41-43-45-47-65-49-51(50-66-57-55(61)56(69-70(62,63)64)54(60)52(48-58)68-57)67-53(59)46-44-42-40-38-36-34-32-30-28-22-20-18-16-14-12-10-8-6-4-2/h5-8,11-14,17-20,23-24,26-28,30,34,36,40,42,51-52,54-58,60-61H,3-4,9-10,15-16,21-22,25,29,31-33,35,37-39,41,43-50H2,1-2H3,(H,62,63,64)/b7-5-,8-6-,13-11-,14-12-,19-17-,20-18-,24-23-,27-26-,30-28-,36-34-,42-40-. The summed E-state index contributed by atoms with van der Waals surface area (Å²) in [6, 6.07) is 0. The smallest absolute Gasteiger partial charge is 0.397 e. The van der Waals surface area contributed by atoms with E-state index in [1.54, 1.807) is 0 Å². The zero-order valence-corrected chi connectivity index (χ0v) is 43.3. The SMILES string of the molecule is CC/C=C\C/C=C\C/C=C\C/C=C\C/C=C\C/C=C\CCC(=O)OC(COCCCCCCCCCC/C=C\C/C=C\C/C=C\C/C=C\C/C=C\CC)COC1OC(CO)C(O)C(OS(=O)(=O)O)C1O.